The van der Waals surface area contributed by atoms with Gasteiger partial charge in [0.2, 0.25) is 0 Å². The molecule has 24 heavy (non-hydrogen) atoms. The lowest BCUT2D eigenvalue weighted by molar-refractivity contribution is 0.311. The second kappa shape index (κ2) is 10.0. The maximum Gasteiger partial charge on any atom is 0.195 e. The second-order valence-corrected chi connectivity index (χ2v) is 6.36. The summed E-state index contributed by atoms with van der Waals surface area (Å²) in [6.45, 7) is 13.4. The van der Waals surface area contributed by atoms with Crippen molar-refractivity contribution in [2.45, 2.75) is 40.2 Å². The molecule has 0 radical (unpaired) electrons. The minimum Gasteiger partial charge on any atom is -0.493 e. The van der Waals surface area contributed by atoms with Crippen molar-refractivity contribution in [3.63, 3.8) is 0 Å². The Balaban J connectivity index is 2.73. The number of hydrogen-bond acceptors (Lipinski definition) is 4. The third-order valence-electron chi connectivity index (χ3n) is 3.11. The van der Waals surface area contributed by atoms with Crippen LogP contribution in [0.3, 0.4) is 0 Å². The van der Waals surface area contributed by atoms with Crippen LogP contribution in [0.25, 0.3) is 0 Å². The second-order valence-electron chi connectivity index (χ2n) is 6.36. The molecule has 0 aromatic heterocycles. The fourth-order valence-corrected chi connectivity index (χ4v) is 2.06. The van der Waals surface area contributed by atoms with E-state index >= 15 is 0 Å². The smallest absolute Gasteiger partial charge is 0.195 e. The first-order valence-corrected chi connectivity index (χ1v) is 8.50. The minimum absolute atomic E-state index is 0.101. The predicted octanol–water partition coefficient (Wildman–Crippen LogP) is 2.86. The van der Waals surface area contributed by atoms with E-state index in [1.807, 2.05) is 32.0 Å². The number of aliphatic imine (C=N–C) groups is 1. The van der Waals surface area contributed by atoms with E-state index in [1.54, 1.807) is 7.11 Å². The highest BCUT2D eigenvalue weighted by Crippen LogP contribution is 2.30. The van der Waals surface area contributed by atoms with Gasteiger partial charge in [0, 0.05) is 30.4 Å². The van der Waals surface area contributed by atoms with Crippen LogP contribution in [0, 0.1) is 0 Å². The molecule has 0 aliphatic heterocycles. The van der Waals surface area contributed by atoms with E-state index in [2.05, 4.69) is 41.7 Å². The van der Waals surface area contributed by atoms with Gasteiger partial charge in [-0.25, -0.2) is 0 Å². The van der Waals surface area contributed by atoms with Gasteiger partial charge in [0.15, 0.2) is 17.5 Å². The Kier molecular flexibility index (Phi) is 8.40. The van der Waals surface area contributed by atoms with Crippen LogP contribution >= 0.6 is 0 Å². The molecule has 0 fully saturated rings. The Labute approximate surface area is 146 Å². The van der Waals surface area contributed by atoms with Gasteiger partial charge in [-0.15, -0.1) is 0 Å². The summed E-state index contributed by atoms with van der Waals surface area (Å²) < 4.78 is 10.9. The van der Waals surface area contributed by atoms with E-state index in [1.165, 1.54) is 0 Å². The van der Waals surface area contributed by atoms with Crippen LogP contribution in [-0.2, 0) is 0 Å². The van der Waals surface area contributed by atoms with E-state index in [9.17, 15) is 0 Å². The van der Waals surface area contributed by atoms with Gasteiger partial charge in [-0.1, -0.05) is 0 Å². The summed E-state index contributed by atoms with van der Waals surface area (Å²) in [5, 5.41) is 9.97. The predicted molar refractivity (Wildman–Crippen MR) is 102 cm³/mol. The fraction of sp³-hybridized carbons (Fsp3) is 0.611. The van der Waals surface area contributed by atoms with E-state index in [-0.39, 0.29) is 5.54 Å². The van der Waals surface area contributed by atoms with E-state index < -0.39 is 0 Å². The number of nitrogens with zero attached hydrogens (tertiary/aromatic N) is 1. The van der Waals surface area contributed by atoms with E-state index in [4.69, 9.17) is 9.47 Å². The van der Waals surface area contributed by atoms with Gasteiger partial charge in [-0.2, -0.15) is 0 Å². The van der Waals surface area contributed by atoms with Crippen molar-refractivity contribution in [1.29, 1.82) is 0 Å². The maximum atomic E-state index is 5.54. The highest BCUT2D eigenvalue weighted by atomic mass is 16.5. The topological polar surface area (TPSA) is 66.9 Å². The van der Waals surface area contributed by atoms with Crippen LogP contribution in [0.2, 0.25) is 0 Å². The van der Waals surface area contributed by atoms with Gasteiger partial charge in [-0.3, -0.25) is 4.99 Å². The van der Waals surface area contributed by atoms with Crippen LogP contribution < -0.4 is 25.4 Å². The quantitative estimate of drug-likeness (QED) is 0.387. The first-order chi connectivity index (χ1) is 11.4. The third-order valence-corrected chi connectivity index (χ3v) is 3.11. The molecule has 0 aliphatic rings. The van der Waals surface area contributed by atoms with Gasteiger partial charge in [0.25, 0.3) is 0 Å². The monoisotopic (exact) mass is 336 g/mol. The van der Waals surface area contributed by atoms with Gasteiger partial charge >= 0.3 is 0 Å². The number of anilines is 1. The number of benzene rings is 1. The molecule has 0 spiro atoms. The molecule has 3 N–H and O–H groups in total. The highest BCUT2D eigenvalue weighted by Gasteiger charge is 2.08. The molecule has 0 saturated heterocycles. The zero-order valence-electron chi connectivity index (χ0n) is 15.8. The summed E-state index contributed by atoms with van der Waals surface area (Å²) in [5.41, 5.74) is 1.00. The number of ether oxygens (including phenoxy) is 2. The Morgan fingerprint density at radius 1 is 1.17 bits per heavy atom. The van der Waals surface area contributed by atoms with Crippen molar-refractivity contribution in [2.75, 3.05) is 38.7 Å². The minimum atomic E-state index is 0.101. The van der Waals surface area contributed by atoms with Gasteiger partial charge in [0.05, 0.1) is 20.3 Å². The number of guanidine groups is 1. The average molecular weight is 336 g/mol. The maximum absolute atomic E-state index is 5.54. The summed E-state index contributed by atoms with van der Waals surface area (Å²) in [7, 11) is 1.64. The Hall–Kier alpha value is -1.95. The molecule has 0 saturated carbocycles. The van der Waals surface area contributed by atoms with E-state index in [0.29, 0.717) is 18.9 Å². The number of methoxy groups -OCH3 is 1. The molecule has 0 amide bonds. The van der Waals surface area contributed by atoms with E-state index in [0.717, 1.165) is 30.5 Å². The standard InChI is InChI=1S/C18H32N4O2/c1-7-19-17(20-11-12-21-18(3,4)5)22-14-9-10-15(24-8-2)16(13-14)23-6/h9-10,13,21H,7-8,11-12H2,1-6H3,(H2,19,20,22). The summed E-state index contributed by atoms with van der Waals surface area (Å²) in [5.74, 6) is 2.19. The molecular weight excluding hydrogens is 304 g/mol. The molecule has 0 unspecified atom stereocenters. The van der Waals surface area contributed by atoms with Crippen LogP contribution in [0.1, 0.15) is 34.6 Å². The van der Waals surface area contributed by atoms with Crippen molar-refractivity contribution < 1.29 is 9.47 Å². The molecule has 0 atom stereocenters. The zero-order valence-corrected chi connectivity index (χ0v) is 15.8. The molecule has 1 rings (SSSR count). The molecule has 6 nitrogen and oxygen atoms in total. The lowest BCUT2D eigenvalue weighted by atomic mass is 10.1. The van der Waals surface area contributed by atoms with Crippen LogP contribution in [0.5, 0.6) is 11.5 Å². The summed E-state index contributed by atoms with van der Waals surface area (Å²) in [4.78, 5) is 4.59. The summed E-state index contributed by atoms with van der Waals surface area (Å²) in [6.07, 6.45) is 0. The van der Waals surface area contributed by atoms with Gasteiger partial charge in [0.1, 0.15) is 0 Å². The van der Waals surface area contributed by atoms with Crippen molar-refractivity contribution >= 4 is 11.6 Å². The number of hydrogen-bond donors (Lipinski definition) is 3. The van der Waals surface area contributed by atoms with Crippen LogP contribution in [0.15, 0.2) is 23.2 Å². The van der Waals surface area contributed by atoms with Gasteiger partial charge in [-0.05, 0) is 46.8 Å². The summed E-state index contributed by atoms with van der Waals surface area (Å²) in [6, 6.07) is 5.76. The normalized spacial score (nSPS) is 12.0. The molecule has 1 aromatic carbocycles. The first kappa shape index (κ1) is 20.1. The van der Waals surface area contributed by atoms with Crippen molar-refractivity contribution in [3.8, 4) is 11.5 Å². The van der Waals surface area contributed by atoms with Crippen LogP contribution in [-0.4, -0.2) is 44.8 Å². The van der Waals surface area contributed by atoms with Crippen molar-refractivity contribution in [1.82, 2.24) is 10.6 Å². The largest absolute Gasteiger partial charge is 0.493 e. The molecule has 136 valence electrons. The zero-order chi connectivity index (χ0) is 18.0. The van der Waals surface area contributed by atoms with Gasteiger partial charge < -0.3 is 25.4 Å². The lowest BCUT2D eigenvalue weighted by Gasteiger charge is -2.20. The highest BCUT2D eigenvalue weighted by molar-refractivity contribution is 5.93. The number of rotatable bonds is 8. The number of nitrogens with one attached hydrogen (secondary N) is 3. The van der Waals surface area contributed by atoms with Crippen molar-refractivity contribution in [2.24, 2.45) is 4.99 Å². The molecule has 1 aromatic rings. The SMILES string of the molecule is CCNC(=NCCNC(C)(C)C)Nc1ccc(OCC)c(OC)c1. The third kappa shape index (κ3) is 7.55. The molecule has 0 aliphatic carbocycles. The van der Waals surface area contributed by atoms with Crippen LogP contribution in [0.4, 0.5) is 5.69 Å². The first-order valence-electron chi connectivity index (χ1n) is 8.50. The fourth-order valence-electron chi connectivity index (χ4n) is 2.06. The Morgan fingerprint density at radius 2 is 1.92 bits per heavy atom. The molecular formula is C18H32N4O2. The molecule has 6 heteroatoms. The lowest BCUT2D eigenvalue weighted by Crippen LogP contribution is -2.38. The Bertz CT molecular complexity index is 524. The Morgan fingerprint density at radius 3 is 2.50 bits per heavy atom. The average Bonchev–Trinajstić information content (AvgIpc) is 2.52. The van der Waals surface area contributed by atoms with Crippen molar-refractivity contribution in [3.05, 3.63) is 18.2 Å². The molecule has 0 heterocycles. The summed E-state index contributed by atoms with van der Waals surface area (Å²) >= 11 is 0. The molecule has 0 bridgehead atoms.